The first-order chi connectivity index (χ1) is 11.6. The van der Waals surface area contributed by atoms with Gasteiger partial charge in [-0.15, -0.1) is 0 Å². The summed E-state index contributed by atoms with van der Waals surface area (Å²) in [5.74, 6) is -1.06. The second-order valence-electron chi connectivity index (χ2n) is 6.08. The summed E-state index contributed by atoms with van der Waals surface area (Å²) in [6.45, 7) is 0.608. The Morgan fingerprint density at radius 2 is 2.08 bits per heavy atom. The lowest BCUT2D eigenvalue weighted by Crippen LogP contribution is -2.15. The molecule has 0 fully saturated rings. The van der Waals surface area contributed by atoms with E-state index in [1.807, 2.05) is 23.0 Å². The minimum absolute atomic E-state index is 0.0571. The summed E-state index contributed by atoms with van der Waals surface area (Å²) in [6.07, 6.45) is 4.78. The number of carbonyl (C=O) groups is 2. The molecule has 1 aromatic carbocycles. The number of carboxylic acids is 1. The first-order valence-electron chi connectivity index (χ1n) is 8.02. The number of hydrogen-bond acceptors (Lipinski definition) is 4. The van der Waals surface area contributed by atoms with Crippen LogP contribution in [0.4, 0.5) is 0 Å². The van der Waals surface area contributed by atoms with Gasteiger partial charge in [0.2, 0.25) is 0 Å². The molecule has 0 radical (unpaired) electrons. The maximum atomic E-state index is 11.5. The summed E-state index contributed by atoms with van der Waals surface area (Å²) in [6, 6.07) is 7.25. The van der Waals surface area contributed by atoms with Gasteiger partial charge < -0.3 is 9.84 Å². The Bertz CT molecular complexity index is 749. The smallest absolute Gasteiger partial charge is 0.337 e. The predicted molar refractivity (Wildman–Crippen MR) is 87.0 cm³/mol. The quantitative estimate of drug-likeness (QED) is 0.853. The van der Waals surface area contributed by atoms with Crippen molar-refractivity contribution in [1.29, 1.82) is 0 Å². The second-order valence-corrected chi connectivity index (χ2v) is 6.08. The Hall–Kier alpha value is -2.63. The van der Waals surface area contributed by atoms with E-state index in [1.54, 1.807) is 12.1 Å². The topological polar surface area (TPSA) is 81.4 Å². The predicted octanol–water partition coefficient (Wildman–Crippen LogP) is 2.61. The Morgan fingerprint density at radius 3 is 2.75 bits per heavy atom. The second kappa shape index (κ2) is 6.86. The zero-order chi connectivity index (χ0) is 17.1. The van der Waals surface area contributed by atoms with Crippen LogP contribution in [-0.4, -0.2) is 33.9 Å². The molecular weight excluding hydrogens is 308 g/mol. The molecule has 6 nitrogen and oxygen atoms in total. The number of rotatable bonds is 5. The van der Waals surface area contributed by atoms with Crippen molar-refractivity contribution in [2.45, 2.75) is 38.1 Å². The van der Waals surface area contributed by atoms with E-state index in [9.17, 15) is 9.59 Å². The molecule has 2 aromatic rings. The molecule has 0 saturated carbocycles. The molecule has 0 saturated heterocycles. The van der Waals surface area contributed by atoms with Crippen molar-refractivity contribution < 1.29 is 19.4 Å². The Balaban J connectivity index is 1.78. The van der Waals surface area contributed by atoms with Gasteiger partial charge in [0.05, 0.1) is 31.8 Å². The molecule has 6 heteroatoms. The van der Waals surface area contributed by atoms with Crippen molar-refractivity contribution in [3.8, 4) is 0 Å². The van der Waals surface area contributed by atoms with Gasteiger partial charge in [0, 0.05) is 5.69 Å². The number of carbonyl (C=O) groups excluding carboxylic acids is 1. The highest BCUT2D eigenvalue weighted by Crippen LogP contribution is 2.34. The molecule has 0 amide bonds. The zero-order valence-corrected chi connectivity index (χ0v) is 13.6. The van der Waals surface area contributed by atoms with E-state index >= 15 is 0 Å². The van der Waals surface area contributed by atoms with Crippen LogP contribution in [0.1, 0.15) is 52.4 Å². The summed E-state index contributed by atoms with van der Waals surface area (Å²) in [4.78, 5) is 22.5. The fourth-order valence-corrected chi connectivity index (χ4v) is 3.31. The van der Waals surface area contributed by atoms with E-state index in [2.05, 4.69) is 5.10 Å². The van der Waals surface area contributed by atoms with Gasteiger partial charge in [-0.3, -0.25) is 9.48 Å². The molecule has 3 rings (SSSR count). The Morgan fingerprint density at radius 1 is 1.33 bits per heavy atom. The molecule has 0 spiro atoms. The van der Waals surface area contributed by atoms with E-state index in [-0.39, 0.29) is 18.3 Å². The minimum atomic E-state index is -0.765. The molecular formula is C18H20N2O4. The van der Waals surface area contributed by atoms with Crippen LogP contribution in [0.15, 0.2) is 30.5 Å². The molecule has 1 unspecified atom stereocenters. The summed E-state index contributed by atoms with van der Waals surface area (Å²) in [7, 11) is 1.36. The van der Waals surface area contributed by atoms with Crippen molar-refractivity contribution in [3.63, 3.8) is 0 Å². The number of benzene rings is 1. The van der Waals surface area contributed by atoms with Crippen LogP contribution in [0.5, 0.6) is 0 Å². The highest BCUT2D eigenvalue weighted by atomic mass is 16.5. The highest BCUT2D eigenvalue weighted by Gasteiger charge is 2.26. The molecule has 1 aliphatic rings. The number of esters is 1. The Kier molecular flexibility index (Phi) is 4.64. The number of nitrogens with zero attached hydrogens (tertiary/aromatic N) is 2. The van der Waals surface area contributed by atoms with E-state index in [4.69, 9.17) is 9.84 Å². The third-order valence-corrected chi connectivity index (χ3v) is 4.52. The van der Waals surface area contributed by atoms with Gasteiger partial charge in [0.1, 0.15) is 0 Å². The van der Waals surface area contributed by atoms with E-state index < -0.39 is 5.97 Å². The van der Waals surface area contributed by atoms with Gasteiger partial charge >= 0.3 is 11.9 Å². The summed E-state index contributed by atoms with van der Waals surface area (Å²) >= 11 is 0. The van der Waals surface area contributed by atoms with E-state index in [0.717, 1.165) is 36.1 Å². The van der Waals surface area contributed by atoms with Crippen LogP contribution >= 0.6 is 0 Å². The Labute approximate surface area is 140 Å². The fraction of sp³-hybridized carbons (Fsp3) is 0.389. The number of aliphatic carboxylic acids is 1. The lowest BCUT2D eigenvalue weighted by Gasteiger charge is -2.21. The first-order valence-corrected chi connectivity index (χ1v) is 8.02. The average Bonchev–Trinajstić information content (AvgIpc) is 2.98. The maximum absolute atomic E-state index is 11.5. The number of ether oxygens (including phenoxy) is 1. The van der Waals surface area contributed by atoms with Crippen molar-refractivity contribution >= 4 is 11.9 Å². The normalized spacial score (nSPS) is 16.5. The lowest BCUT2D eigenvalue weighted by molar-refractivity contribution is -0.137. The van der Waals surface area contributed by atoms with Gasteiger partial charge in [0.15, 0.2) is 0 Å². The molecule has 1 aromatic heterocycles. The third-order valence-electron chi connectivity index (χ3n) is 4.52. The summed E-state index contributed by atoms with van der Waals surface area (Å²) in [5.41, 5.74) is 3.75. The van der Waals surface area contributed by atoms with E-state index in [0.29, 0.717) is 12.1 Å². The number of hydrogen-bond donors (Lipinski definition) is 1. The van der Waals surface area contributed by atoms with Crippen LogP contribution in [0.2, 0.25) is 0 Å². The third kappa shape index (κ3) is 3.32. The fourth-order valence-electron chi connectivity index (χ4n) is 3.31. The van der Waals surface area contributed by atoms with Crippen LogP contribution in [0.25, 0.3) is 0 Å². The maximum Gasteiger partial charge on any atom is 0.337 e. The monoisotopic (exact) mass is 328 g/mol. The minimum Gasteiger partial charge on any atom is -0.481 e. The number of carboxylic acid groups (broad SMARTS) is 1. The van der Waals surface area contributed by atoms with Crippen molar-refractivity contribution in [1.82, 2.24) is 9.78 Å². The van der Waals surface area contributed by atoms with Gasteiger partial charge in [0.25, 0.3) is 0 Å². The average molecular weight is 328 g/mol. The van der Waals surface area contributed by atoms with Gasteiger partial charge in [-0.25, -0.2) is 4.79 Å². The van der Waals surface area contributed by atoms with Crippen molar-refractivity contribution in [2.24, 2.45) is 0 Å². The lowest BCUT2D eigenvalue weighted by atomic mass is 9.85. The van der Waals surface area contributed by atoms with Crippen LogP contribution in [-0.2, 0) is 22.5 Å². The molecule has 1 atom stereocenters. The van der Waals surface area contributed by atoms with E-state index in [1.165, 1.54) is 7.11 Å². The molecule has 126 valence electrons. The number of fused-ring (bicyclic) bond motifs is 1. The molecule has 0 aliphatic heterocycles. The summed E-state index contributed by atoms with van der Waals surface area (Å²) < 4.78 is 6.64. The number of aromatic nitrogens is 2. The SMILES string of the molecule is COC(=O)c1ccc(Cn2ncc3c2CCCC3CC(=O)O)cc1. The molecule has 1 aliphatic carbocycles. The van der Waals surface area contributed by atoms with Crippen LogP contribution in [0.3, 0.4) is 0 Å². The largest absolute Gasteiger partial charge is 0.481 e. The standard InChI is InChI=1S/C18H20N2O4/c1-24-18(23)13-7-5-12(6-8-13)11-20-16-4-2-3-14(9-17(21)22)15(16)10-19-20/h5-8,10,14H,2-4,9,11H2,1H3,(H,21,22). The van der Waals surface area contributed by atoms with Crippen LogP contribution in [0, 0.1) is 0 Å². The molecule has 24 heavy (non-hydrogen) atoms. The summed E-state index contributed by atoms with van der Waals surface area (Å²) in [5, 5.41) is 13.5. The van der Waals surface area contributed by atoms with Gasteiger partial charge in [-0.1, -0.05) is 12.1 Å². The van der Waals surface area contributed by atoms with Crippen molar-refractivity contribution in [2.75, 3.05) is 7.11 Å². The highest BCUT2D eigenvalue weighted by molar-refractivity contribution is 5.89. The zero-order valence-electron chi connectivity index (χ0n) is 13.6. The molecule has 1 N–H and O–H groups in total. The number of methoxy groups -OCH3 is 1. The van der Waals surface area contributed by atoms with Gasteiger partial charge in [-0.2, -0.15) is 5.10 Å². The molecule has 0 bridgehead atoms. The molecule has 1 heterocycles. The van der Waals surface area contributed by atoms with Crippen molar-refractivity contribution in [3.05, 3.63) is 52.8 Å². The van der Waals surface area contributed by atoms with Crippen LogP contribution < -0.4 is 0 Å². The first kappa shape index (κ1) is 16.2. The van der Waals surface area contributed by atoms with Gasteiger partial charge in [-0.05, 0) is 48.4 Å².